The molecule has 0 aromatic heterocycles. The summed E-state index contributed by atoms with van der Waals surface area (Å²) < 4.78 is 26.6. The summed E-state index contributed by atoms with van der Waals surface area (Å²) in [5, 5.41) is 3.80. The molecule has 1 saturated carbocycles. The zero-order chi connectivity index (χ0) is 30.8. The average molecular weight is 624 g/mol. The smallest absolute Gasteiger partial charge is 0.243 e. The summed E-state index contributed by atoms with van der Waals surface area (Å²) in [5.41, 5.74) is 3.37. The summed E-state index contributed by atoms with van der Waals surface area (Å²) in [6, 6.07) is 23.7. The summed E-state index contributed by atoms with van der Waals surface area (Å²) in [6.07, 6.45) is 7.13. The van der Waals surface area contributed by atoms with Gasteiger partial charge in [-0.1, -0.05) is 91.0 Å². The van der Waals surface area contributed by atoms with Gasteiger partial charge in [0, 0.05) is 37.0 Å². The van der Waals surface area contributed by atoms with Crippen LogP contribution in [0.3, 0.4) is 0 Å². The van der Waals surface area contributed by atoms with E-state index in [1.807, 2.05) is 67.6 Å². The SMILES string of the molecule is Cc1ccc(N(CCCC(=O)N(Cc2cccc(Cl)c2)[C@H](Cc2ccccc2)C(=O)NC2CCCCC2)S(C)(=O)=O)cc1. The molecule has 0 bridgehead atoms. The highest BCUT2D eigenvalue weighted by atomic mass is 35.5. The van der Waals surface area contributed by atoms with Crippen molar-refractivity contribution in [3.8, 4) is 0 Å². The van der Waals surface area contributed by atoms with Crippen molar-refractivity contribution >= 4 is 39.1 Å². The predicted molar refractivity (Wildman–Crippen MR) is 174 cm³/mol. The molecule has 1 aliphatic rings. The highest BCUT2D eigenvalue weighted by Gasteiger charge is 2.32. The van der Waals surface area contributed by atoms with Gasteiger partial charge in [0.05, 0.1) is 11.9 Å². The quantitative estimate of drug-likeness (QED) is 0.243. The second-order valence-electron chi connectivity index (χ2n) is 11.5. The number of amides is 2. The van der Waals surface area contributed by atoms with Crippen molar-refractivity contribution < 1.29 is 18.0 Å². The van der Waals surface area contributed by atoms with Crippen LogP contribution in [0.4, 0.5) is 5.69 Å². The first-order valence-electron chi connectivity index (χ1n) is 15.0. The molecule has 1 aliphatic carbocycles. The second-order valence-corrected chi connectivity index (χ2v) is 13.8. The van der Waals surface area contributed by atoms with Crippen LogP contribution in [0.2, 0.25) is 5.02 Å². The van der Waals surface area contributed by atoms with Gasteiger partial charge in [-0.25, -0.2) is 8.42 Å². The lowest BCUT2D eigenvalue weighted by Crippen LogP contribution is -2.52. The Balaban J connectivity index is 1.58. The van der Waals surface area contributed by atoms with Gasteiger partial charge >= 0.3 is 0 Å². The number of anilines is 1. The number of nitrogens with zero attached hydrogens (tertiary/aromatic N) is 2. The third kappa shape index (κ3) is 9.83. The average Bonchev–Trinajstić information content (AvgIpc) is 2.98. The summed E-state index contributed by atoms with van der Waals surface area (Å²) in [4.78, 5) is 29.6. The van der Waals surface area contributed by atoms with Crippen LogP contribution in [0.25, 0.3) is 0 Å². The van der Waals surface area contributed by atoms with Crippen molar-refractivity contribution in [1.29, 1.82) is 0 Å². The molecule has 9 heteroatoms. The predicted octanol–water partition coefficient (Wildman–Crippen LogP) is 6.28. The van der Waals surface area contributed by atoms with E-state index in [4.69, 9.17) is 11.6 Å². The van der Waals surface area contributed by atoms with E-state index in [0.29, 0.717) is 23.6 Å². The van der Waals surface area contributed by atoms with E-state index in [9.17, 15) is 18.0 Å². The fraction of sp³-hybridized carbons (Fsp3) is 0.412. The molecule has 1 N–H and O–H groups in total. The Morgan fingerprint density at radius 3 is 2.26 bits per heavy atom. The largest absolute Gasteiger partial charge is 0.352 e. The Hall–Kier alpha value is -3.36. The van der Waals surface area contributed by atoms with E-state index in [-0.39, 0.29) is 37.4 Å². The van der Waals surface area contributed by atoms with Crippen LogP contribution in [0.1, 0.15) is 61.6 Å². The Bertz CT molecular complexity index is 1460. The molecule has 4 rings (SSSR count). The summed E-state index contributed by atoms with van der Waals surface area (Å²) in [6.45, 7) is 2.30. The minimum Gasteiger partial charge on any atom is -0.352 e. The molecule has 1 atom stereocenters. The van der Waals surface area contributed by atoms with Crippen LogP contribution in [-0.4, -0.2) is 50.0 Å². The van der Waals surface area contributed by atoms with Gasteiger partial charge in [0.2, 0.25) is 21.8 Å². The van der Waals surface area contributed by atoms with Crippen LogP contribution in [0, 0.1) is 6.92 Å². The van der Waals surface area contributed by atoms with Gasteiger partial charge in [-0.3, -0.25) is 13.9 Å². The van der Waals surface area contributed by atoms with Gasteiger partial charge in [-0.05, 0) is 61.6 Å². The van der Waals surface area contributed by atoms with Crippen LogP contribution < -0.4 is 9.62 Å². The van der Waals surface area contributed by atoms with E-state index in [1.54, 1.807) is 23.1 Å². The lowest BCUT2D eigenvalue weighted by Gasteiger charge is -2.34. The van der Waals surface area contributed by atoms with Crippen LogP contribution in [-0.2, 0) is 32.6 Å². The molecule has 0 aliphatic heterocycles. The molecule has 0 saturated heterocycles. The van der Waals surface area contributed by atoms with Crippen LogP contribution in [0.5, 0.6) is 0 Å². The van der Waals surface area contributed by atoms with Gasteiger partial charge in [0.1, 0.15) is 6.04 Å². The fourth-order valence-electron chi connectivity index (χ4n) is 5.65. The maximum Gasteiger partial charge on any atom is 0.243 e. The molecule has 0 spiro atoms. The van der Waals surface area contributed by atoms with Gasteiger partial charge < -0.3 is 10.2 Å². The Morgan fingerprint density at radius 2 is 1.60 bits per heavy atom. The highest BCUT2D eigenvalue weighted by Crippen LogP contribution is 2.23. The normalized spacial score (nSPS) is 14.6. The molecule has 0 unspecified atom stereocenters. The molecule has 3 aromatic carbocycles. The number of hydrogen-bond acceptors (Lipinski definition) is 4. The van der Waals surface area contributed by atoms with Crippen molar-refractivity contribution in [2.24, 2.45) is 0 Å². The number of carbonyl (C=O) groups excluding carboxylic acids is 2. The summed E-state index contributed by atoms with van der Waals surface area (Å²) in [7, 11) is -3.56. The van der Waals surface area contributed by atoms with Crippen molar-refractivity contribution in [3.05, 3.63) is 101 Å². The first-order chi connectivity index (χ1) is 20.6. The third-order valence-corrected chi connectivity index (χ3v) is 9.37. The highest BCUT2D eigenvalue weighted by molar-refractivity contribution is 7.92. The zero-order valence-electron chi connectivity index (χ0n) is 25.0. The molecular weight excluding hydrogens is 582 g/mol. The second kappa shape index (κ2) is 15.4. The maximum absolute atomic E-state index is 14.0. The number of rotatable bonds is 13. The molecule has 1 fully saturated rings. The molecule has 230 valence electrons. The van der Waals surface area contributed by atoms with E-state index in [0.717, 1.165) is 42.4 Å². The number of nitrogens with one attached hydrogen (secondary N) is 1. The Labute approximate surface area is 261 Å². The minimum absolute atomic E-state index is 0.0838. The molecule has 43 heavy (non-hydrogen) atoms. The van der Waals surface area contributed by atoms with Gasteiger partial charge in [0.15, 0.2) is 0 Å². The Kier molecular flexibility index (Phi) is 11.7. The monoisotopic (exact) mass is 623 g/mol. The van der Waals surface area contributed by atoms with Crippen molar-refractivity contribution in [2.45, 2.75) is 76.9 Å². The van der Waals surface area contributed by atoms with Crippen molar-refractivity contribution in [2.75, 3.05) is 17.1 Å². The number of carbonyl (C=O) groups is 2. The van der Waals surface area contributed by atoms with E-state index < -0.39 is 16.1 Å². The molecule has 3 aromatic rings. The maximum atomic E-state index is 14.0. The zero-order valence-corrected chi connectivity index (χ0v) is 26.6. The number of hydrogen-bond donors (Lipinski definition) is 1. The molecule has 0 radical (unpaired) electrons. The number of sulfonamides is 1. The van der Waals surface area contributed by atoms with Crippen molar-refractivity contribution in [3.63, 3.8) is 0 Å². The fourth-order valence-corrected chi connectivity index (χ4v) is 6.82. The van der Waals surface area contributed by atoms with Crippen molar-refractivity contribution in [1.82, 2.24) is 10.2 Å². The Morgan fingerprint density at radius 1 is 0.930 bits per heavy atom. The minimum atomic E-state index is -3.56. The molecule has 7 nitrogen and oxygen atoms in total. The third-order valence-electron chi connectivity index (χ3n) is 7.94. The van der Waals surface area contributed by atoms with Gasteiger partial charge in [-0.2, -0.15) is 0 Å². The number of halogens is 1. The summed E-state index contributed by atoms with van der Waals surface area (Å²) >= 11 is 6.29. The topological polar surface area (TPSA) is 86.8 Å². The molecular formula is C34H42ClN3O4S. The standard InChI is InChI=1S/C34H42ClN3O4S/c1-26-18-20-31(21-19-26)38(43(2,41)42)22-10-17-33(39)37(25-28-13-9-14-29(35)23-28)32(24-27-11-5-3-6-12-27)34(40)36-30-15-7-4-8-16-30/h3,5-6,9,11-14,18-21,23,30,32H,4,7-8,10,15-17,22,24-25H2,1-2H3,(H,36,40)/t32-/m1/s1. The van der Waals surface area contributed by atoms with E-state index >= 15 is 0 Å². The van der Waals surface area contributed by atoms with Gasteiger partial charge in [0.25, 0.3) is 0 Å². The van der Waals surface area contributed by atoms with Crippen LogP contribution >= 0.6 is 11.6 Å². The first kappa shape index (κ1) is 32.6. The lowest BCUT2D eigenvalue weighted by atomic mass is 9.94. The lowest BCUT2D eigenvalue weighted by molar-refractivity contribution is -0.141. The molecule has 0 heterocycles. The van der Waals surface area contributed by atoms with E-state index in [2.05, 4.69) is 5.32 Å². The molecule has 2 amide bonds. The first-order valence-corrected chi connectivity index (χ1v) is 17.3. The van der Waals surface area contributed by atoms with Crippen LogP contribution in [0.15, 0.2) is 78.9 Å². The van der Waals surface area contributed by atoms with E-state index in [1.165, 1.54) is 17.0 Å². The summed E-state index contributed by atoms with van der Waals surface area (Å²) in [5.74, 6) is -0.374. The number of aryl methyl sites for hydroxylation is 1. The van der Waals surface area contributed by atoms with Gasteiger partial charge in [-0.15, -0.1) is 0 Å². The number of benzene rings is 3.